The second-order valence-corrected chi connectivity index (χ2v) is 9.35. The fraction of sp³-hybridized carbons (Fsp3) is 0.520. The summed E-state index contributed by atoms with van der Waals surface area (Å²) >= 11 is 5.53. The van der Waals surface area contributed by atoms with Crippen molar-refractivity contribution in [2.24, 2.45) is 0 Å². The number of aromatic carboxylic acids is 1. The molecule has 0 spiro atoms. The van der Waals surface area contributed by atoms with Crippen LogP contribution < -0.4 is 4.74 Å². The normalized spacial score (nSPS) is 21.2. The third-order valence-electron chi connectivity index (χ3n) is 4.77. The largest absolute Gasteiger partial charge is 0.477 e. The van der Waals surface area contributed by atoms with Gasteiger partial charge in [0.25, 0.3) is 0 Å². The molecule has 37 heavy (non-hydrogen) atoms. The van der Waals surface area contributed by atoms with Gasteiger partial charge in [0, 0.05) is 13.0 Å². The number of rotatable bonds is 6. The van der Waals surface area contributed by atoms with Crippen LogP contribution in [0.1, 0.15) is 55.6 Å². The van der Waals surface area contributed by atoms with Gasteiger partial charge in [-0.3, -0.25) is 4.79 Å². The van der Waals surface area contributed by atoms with Gasteiger partial charge >= 0.3 is 5.97 Å². The SMILES string of the molecule is CC(=O)c1cccc(Cl)n1.CC1(C)OC[C@@H](CO)O1.CC1(C)OC[C@@H](COc2cccc(C(=O)O)n2)O1. The van der Waals surface area contributed by atoms with Gasteiger partial charge in [-0.2, -0.15) is 0 Å². The Labute approximate surface area is 220 Å². The zero-order valence-electron chi connectivity index (χ0n) is 21.5. The summed E-state index contributed by atoms with van der Waals surface area (Å²) in [6, 6.07) is 9.57. The molecule has 4 rings (SSSR count). The summed E-state index contributed by atoms with van der Waals surface area (Å²) in [6.45, 7) is 10.1. The summed E-state index contributed by atoms with van der Waals surface area (Å²) < 4.78 is 26.7. The van der Waals surface area contributed by atoms with Crippen LogP contribution >= 0.6 is 11.6 Å². The Kier molecular flexibility index (Phi) is 11.4. The van der Waals surface area contributed by atoms with E-state index in [-0.39, 0.29) is 42.8 Å². The molecule has 0 bridgehead atoms. The number of aromatic nitrogens is 2. The summed E-state index contributed by atoms with van der Waals surface area (Å²) in [4.78, 5) is 29.1. The van der Waals surface area contributed by atoms with Crippen LogP contribution in [0.5, 0.6) is 5.88 Å². The zero-order chi connectivity index (χ0) is 27.6. The lowest BCUT2D eigenvalue weighted by atomic mass is 10.3. The Morgan fingerprint density at radius 2 is 1.54 bits per heavy atom. The second-order valence-electron chi connectivity index (χ2n) is 8.96. The number of hydrogen-bond acceptors (Lipinski definition) is 10. The number of halogens is 1. The number of carbonyl (C=O) groups excluding carboxylic acids is 1. The molecule has 0 unspecified atom stereocenters. The van der Waals surface area contributed by atoms with Crippen molar-refractivity contribution in [3.8, 4) is 5.88 Å². The molecule has 2 aliphatic heterocycles. The highest BCUT2D eigenvalue weighted by molar-refractivity contribution is 6.29. The molecule has 2 aromatic heterocycles. The zero-order valence-corrected chi connectivity index (χ0v) is 22.2. The average Bonchev–Trinajstić information content (AvgIpc) is 3.38. The van der Waals surface area contributed by atoms with E-state index in [9.17, 15) is 9.59 Å². The summed E-state index contributed by atoms with van der Waals surface area (Å²) in [5.74, 6) is -1.97. The van der Waals surface area contributed by atoms with Gasteiger partial charge in [0.2, 0.25) is 5.88 Å². The first-order valence-corrected chi connectivity index (χ1v) is 11.9. The van der Waals surface area contributed by atoms with Crippen molar-refractivity contribution in [3.05, 3.63) is 52.9 Å². The Morgan fingerprint density at radius 1 is 0.973 bits per heavy atom. The number of pyridine rings is 2. The van der Waals surface area contributed by atoms with Crippen molar-refractivity contribution in [1.29, 1.82) is 0 Å². The quantitative estimate of drug-likeness (QED) is 0.410. The van der Waals surface area contributed by atoms with E-state index < -0.39 is 17.5 Å². The van der Waals surface area contributed by atoms with Crippen LogP contribution in [-0.4, -0.2) is 82.1 Å². The first-order valence-electron chi connectivity index (χ1n) is 11.5. The van der Waals surface area contributed by atoms with Crippen LogP contribution in [0.15, 0.2) is 36.4 Å². The first kappa shape index (κ1) is 30.6. The molecule has 11 nitrogen and oxygen atoms in total. The molecular formula is C25H33ClN2O9. The van der Waals surface area contributed by atoms with E-state index in [4.69, 9.17) is 45.5 Å². The van der Waals surface area contributed by atoms with Crippen LogP contribution in [0.4, 0.5) is 0 Å². The number of ether oxygens (including phenoxy) is 5. The number of hydrogen-bond donors (Lipinski definition) is 2. The lowest BCUT2D eigenvalue weighted by Gasteiger charge is -2.17. The van der Waals surface area contributed by atoms with Crippen molar-refractivity contribution in [2.45, 2.75) is 58.4 Å². The minimum absolute atomic E-state index is 0.0450. The van der Waals surface area contributed by atoms with Crippen LogP contribution in [-0.2, 0) is 18.9 Å². The Hall–Kier alpha value is -2.67. The smallest absolute Gasteiger partial charge is 0.354 e. The third kappa shape index (κ3) is 11.1. The first-order chi connectivity index (χ1) is 17.3. The summed E-state index contributed by atoms with van der Waals surface area (Å²) in [7, 11) is 0. The van der Waals surface area contributed by atoms with E-state index in [1.54, 1.807) is 30.3 Å². The van der Waals surface area contributed by atoms with Crippen molar-refractivity contribution in [1.82, 2.24) is 9.97 Å². The van der Waals surface area contributed by atoms with Gasteiger partial charge in [-0.05, 0) is 45.9 Å². The molecule has 2 aromatic rings. The molecule has 0 radical (unpaired) electrons. The number of carboxylic acids is 1. The maximum absolute atomic E-state index is 10.7. The van der Waals surface area contributed by atoms with E-state index >= 15 is 0 Å². The van der Waals surface area contributed by atoms with Crippen molar-refractivity contribution >= 4 is 23.4 Å². The van der Waals surface area contributed by atoms with Gasteiger partial charge in [0.15, 0.2) is 23.1 Å². The van der Waals surface area contributed by atoms with E-state index in [2.05, 4.69) is 9.97 Å². The molecule has 0 saturated carbocycles. The topological polar surface area (TPSA) is 147 Å². The molecule has 2 aliphatic rings. The lowest BCUT2D eigenvalue weighted by Crippen LogP contribution is -2.25. The van der Waals surface area contributed by atoms with Crippen molar-refractivity contribution in [3.63, 3.8) is 0 Å². The highest BCUT2D eigenvalue weighted by Crippen LogP contribution is 2.23. The lowest BCUT2D eigenvalue weighted by molar-refractivity contribution is -0.142. The maximum atomic E-state index is 10.7. The highest BCUT2D eigenvalue weighted by atomic mass is 35.5. The predicted molar refractivity (Wildman–Crippen MR) is 133 cm³/mol. The van der Waals surface area contributed by atoms with Gasteiger partial charge in [-0.15, -0.1) is 0 Å². The number of nitrogens with zero attached hydrogens (tertiary/aromatic N) is 2. The number of carboxylic acid groups (broad SMARTS) is 1. The Morgan fingerprint density at radius 3 is 1.97 bits per heavy atom. The van der Waals surface area contributed by atoms with Crippen molar-refractivity contribution in [2.75, 3.05) is 26.4 Å². The highest BCUT2D eigenvalue weighted by Gasteiger charge is 2.33. The average molecular weight is 541 g/mol. The summed E-state index contributed by atoms with van der Waals surface area (Å²) in [6.07, 6.45) is -0.296. The predicted octanol–water partition coefficient (Wildman–Crippen LogP) is 3.38. The van der Waals surface area contributed by atoms with Gasteiger partial charge in [-0.25, -0.2) is 14.8 Å². The number of ketones is 1. The van der Waals surface area contributed by atoms with Crippen LogP contribution in [0.25, 0.3) is 0 Å². The molecule has 2 saturated heterocycles. The number of Topliss-reactive ketones (excluding diaryl/α,β-unsaturated/α-hetero) is 1. The number of aliphatic hydroxyl groups excluding tert-OH is 1. The third-order valence-corrected chi connectivity index (χ3v) is 4.98. The maximum Gasteiger partial charge on any atom is 0.354 e. The van der Waals surface area contributed by atoms with Gasteiger partial charge < -0.3 is 33.9 Å². The summed E-state index contributed by atoms with van der Waals surface area (Å²) in [5, 5.41) is 17.7. The standard InChI is InChI=1S/C12H15NO5.C7H6ClNO.C6H12O3/c1-12(2)17-7-8(18-12)6-16-10-5-3-4-9(13-10)11(14)15;1-5(10)6-3-2-4-7(8)9-6;1-6(2)8-4-5(3-7)9-6/h3-5,8H,6-7H2,1-2H3,(H,14,15);2-4H,1H3;5,7H,3-4H2,1-2H3/t8-;;5-/m1.1/s1. The van der Waals surface area contributed by atoms with Gasteiger partial charge in [0.1, 0.15) is 29.7 Å². The molecule has 0 aromatic carbocycles. The molecular weight excluding hydrogens is 508 g/mol. The van der Waals surface area contributed by atoms with Gasteiger partial charge in [0.05, 0.1) is 19.8 Å². The molecule has 2 fully saturated rings. The van der Waals surface area contributed by atoms with Crippen LogP contribution in [0.3, 0.4) is 0 Å². The van der Waals surface area contributed by atoms with Crippen LogP contribution in [0.2, 0.25) is 5.15 Å². The molecule has 2 N–H and O–H groups in total. The Bertz CT molecular complexity index is 1050. The summed E-state index contributed by atoms with van der Waals surface area (Å²) in [5.41, 5.74) is 0.365. The van der Waals surface area contributed by atoms with E-state index in [0.29, 0.717) is 24.1 Å². The van der Waals surface area contributed by atoms with Crippen molar-refractivity contribution < 1.29 is 43.5 Å². The molecule has 0 aliphatic carbocycles. The molecule has 204 valence electrons. The molecule has 12 heteroatoms. The number of aliphatic hydroxyl groups is 1. The minimum atomic E-state index is -1.08. The Balaban J connectivity index is 0.000000214. The minimum Gasteiger partial charge on any atom is -0.477 e. The molecule has 4 heterocycles. The number of carbonyl (C=O) groups is 2. The van der Waals surface area contributed by atoms with E-state index in [1.807, 2.05) is 27.7 Å². The monoisotopic (exact) mass is 540 g/mol. The van der Waals surface area contributed by atoms with Crippen LogP contribution in [0, 0.1) is 0 Å². The van der Waals surface area contributed by atoms with E-state index in [1.165, 1.54) is 13.0 Å². The fourth-order valence-corrected chi connectivity index (χ4v) is 3.26. The molecule has 0 amide bonds. The van der Waals surface area contributed by atoms with Gasteiger partial charge in [-0.1, -0.05) is 23.7 Å². The van der Waals surface area contributed by atoms with E-state index in [0.717, 1.165) is 0 Å². The second kappa shape index (κ2) is 13.8. The molecule has 2 atom stereocenters. The fourth-order valence-electron chi connectivity index (χ4n) is 3.10.